The number of pyridine rings is 1. The molecule has 1 fully saturated rings. The first kappa shape index (κ1) is 25.8. The summed E-state index contributed by atoms with van der Waals surface area (Å²) < 4.78 is 9.33. The lowest BCUT2D eigenvalue weighted by Gasteiger charge is -2.28. The maximum atomic E-state index is 12.2. The van der Waals surface area contributed by atoms with Crippen molar-refractivity contribution in [1.29, 1.82) is 0 Å². The number of benzene rings is 3. The van der Waals surface area contributed by atoms with Crippen molar-refractivity contribution in [3.63, 3.8) is 0 Å². The Labute approximate surface area is 239 Å². The molecule has 0 spiro atoms. The molecule has 0 amide bonds. The van der Waals surface area contributed by atoms with Crippen LogP contribution in [0.15, 0.2) is 77.3 Å². The minimum absolute atomic E-state index is 0.126. The van der Waals surface area contributed by atoms with Gasteiger partial charge in [-0.25, -0.2) is 9.97 Å². The Morgan fingerprint density at radius 3 is 2.62 bits per heavy atom. The monoisotopic (exact) mass is 603 g/mol. The molecule has 8 heteroatoms. The molecule has 2 atom stereocenters. The maximum Gasteiger partial charge on any atom is 0.307 e. The molecule has 0 aliphatic heterocycles. The lowest BCUT2D eigenvalue weighted by atomic mass is 9.78. The quantitative estimate of drug-likeness (QED) is 0.204. The molecule has 2 heterocycles. The summed E-state index contributed by atoms with van der Waals surface area (Å²) in [5, 5.41) is 11.7. The maximum absolute atomic E-state index is 12.2. The number of carboxylic acids is 1. The van der Waals surface area contributed by atoms with E-state index in [1.54, 1.807) is 0 Å². The summed E-state index contributed by atoms with van der Waals surface area (Å²) in [6.45, 7) is 0.938. The molecule has 39 heavy (non-hydrogen) atoms. The van der Waals surface area contributed by atoms with Crippen LogP contribution in [-0.4, -0.2) is 25.6 Å². The Balaban J connectivity index is 1.32. The average Bonchev–Trinajstić information content (AvgIpc) is 3.30. The molecule has 0 radical (unpaired) electrons. The normalized spacial score (nSPS) is 17.5. The molecule has 1 saturated carbocycles. The molecule has 6 rings (SSSR count). The van der Waals surface area contributed by atoms with Crippen LogP contribution in [0.4, 0.5) is 0 Å². The number of halogens is 2. The molecule has 6 nitrogen and oxygen atoms in total. The van der Waals surface area contributed by atoms with Gasteiger partial charge in [-0.1, -0.05) is 58.6 Å². The van der Waals surface area contributed by atoms with Gasteiger partial charge in [0.25, 0.3) is 0 Å². The van der Waals surface area contributed by atoms with Crippen molar-refractivity contribution in [2.45, 2.75) is 44.8 Å². The third-order valence-corrected chi connectivity index (χ3v) is 8.28. The molecular formula is C31H27BrClN3O3. The van der Waals surface area contributed by atoms with Gasteiger partial charge in [0.05, 0.1) is 28.2 Å². The molecule has 2 aromatic heterocycles. The van der Waals surface area contributed by atoms with Gasteiger partial charge < -0.3 is 14.4 Å². The van der Waals surface area contributed by atoms with Gasteiger partial charge in [-0.3, -0.25) is 4.79 Å². The summed E-state index contributed by atoms with van der Waals surface area (Å²) in [4.78, 5) is 21.9. The summed E-state index contributed by atoms with van der Waals surface area (Å²) in [7, 11) is 0. The van der Waals surface area contributed by atoms with Crippen molar-refractivity contribution in [2.75, 3.05) is 0 Å². The summed E-state index contributed by atoms with van der Waals surface area (Å²) in [5.41, 5.74) is 4.59. The second kappa shape index (κ2) is 11.0. The smallest absolute Gasteiger partial charge is 0.307 e. The predicted octanol–water partition coefficient (Wildman–Crippen LogP) is 7.99. The van der Waals surface area contributed by atoms with Crippen molar-refractivity contribution in [3.05, 3.63) is 99.4 Å². The first-order valence-corrected chi connectivity index (χ1v) is 14.3. The van der Waals surface area contributed by atoms with Crippen molar-refractivity contribution < 1.29 is 14.6 Å². The number of aromatic nitrogens is 3. The zero-order chi connectivity index (χ0) is 26.9. The first-order valence-electron chi connectivity index (χ1n) is 13.1. The van der Waals surface area contributed by atoms with E-state index in [1.807, 2.05) is 60.7 Å². The summed E-state index contributed by atoms with van der Waals surface area (Å²) in [5.74, 6) is 0.240. The van der Waals surface area contributed by atoms with E-state index in [0.29, 0.717) is 30.3 Å². The lowest BCUT2D eigenvalue weighted by molar-refractivity contribution is -0.143. The Kier molecular flexibility index (Phi) is 7.28. The van der Waals surface area contributed by atoms with Crippen LogP contribution in [0, 0.1) is 5.92 Å². The second-order valence-corrected chi connectivity index (χ2v) is 11.4. The summed E-state index contributed by atoms with van der Waals surface area (Å²) >= 11 is 9.60. The predicted molar refractivity (Wildman–Crippen MR) is 156 cm³/mol. The zero-order valence-electron chi connectivity index (χ0n) is 21.2. The van der Waals surface area contributed by atoms with Crippen molar-refractivity contribution in [3.8, 4) is 5.75 Å². The highest BCUT2D eigenvalue weighted by Crippen LogP contribution is 2.39. The van der Waals surface area contributed by atoms with E-state index in [0.717, 1.165) is 62.8 Å². The minimum atomic E-state index is -0.740. The molecular weight excluding hydrogens is 578 g/mol. The molecule has 5 aromatic rings. The molecule has 3 aromatic carbocycles. The Bertz CT molecular complexity index is 1670. The first-order chi connectivity index (χ1) is 18.9. The van der Waals surface area contributed by atoms with Gasteiger partial charge in [-0.15, -0.1) is 0 Å². The van der Waals surface area contributed by atoms with Crippen molar-refractivity contribution >= 4 is 55.4 Å². The zero-order valence-corrected chi connectivity index (χ0v) is 23.5. The van der Waals surface area contributed by atoms with Crippen molar-refractivity contribution in [1.82, 2.24) is 14.5 Å². The highest BCUT2D eigenvalue weighted by Gasteiger charge is 2.35. The third kappa shape index (κ3) is 5.52. The molecule has 1 aliphatic rings. The second-order valence-electron chi connectivity index (χ2n) is 10.1. The summed E-state index contributed by atoms with van der Waals surface area (Å²) in [6.07, 6.45) is 3.45. The van der Waals surface area contributed by atoms with Crippen LogP contribution in [0.2, 0.25) is 5.02 Å². The fourth-order valence-electron chi connectivity index (χ4n) is 5.55. The van der Waals surface area contributed by atoms with Crippen LogP contribution in [0.1, 0.15) is 48.7 Å². The fourth-order valence-corrected chi connectivity index (χ4v) is 6.00. The van der Waals surface area contributed by atoms with E-state index < -0.39 is 11.9 Å². The average molecular weight is 605 g/mol. The highest BCUT2D eigenvalue weighted by atomic mass is 79.9. The van der Waals surface area contributed by atoms with Gasteiger partial charge in [-0.2, -0.15) is 0 Å². The molecule has 0 saturated heterocycles. The number of ether oxygens (including phenoxy) is 1. The third-order valence-electron chi connectivity index (χ3n) is 7.51. The SMILES string of the molecule is O=C(O)[C@H]1CCCC[C@H]1c1nc2cc(OCc3ccc4cc(Cl)ccc4n3)ccc2n1Cc1ccc(Br)cc1. The number of carboxylic acid groups (broad SMARTS) is 1. The van der Waals surface area contributed by atoms with E-state index in [1.165, 1.54) is 0 Å². The Hall–Kier alpha value is -3.42. The van der Waals surface area contributed by atoms with Crippen LogP contribution in [0.25, 0.3) is 21.9 Å². The van der Waals surface area contributed by atoms with Crippen LogP contribution in [-0.2, 0) is 17.9 Å². The standard InChI is InChI=1S/C31H27BrClN3O3/c32-21-8-5-19(6-9-21)17-36-29-14-12-24(39-18-23-11-7-20-15-22(33)10-13-27(20)34-23)16-28(29)35-30(36)25-3-1-2-4-26(25)31(37)38/h5-16,25-26H,1-4,17-18H2,(H,37,38)/t25-,26+/m1/s1. The largest absolute Gasteiger partial charge is 0.487 e. The number of aliphatic carboxylic acids is 1. The van der Waals surface area contributed by atoms with Crippen LogP contribution in [0.5, 0.6) is 5.75 Å². The number of hydrogen-bond acceptors (Lipinski definition) is 4. The number of hydrogen-bond donors (Lipinski definition) is 1. The van der Waals surface area contributed by atoms with E-state index >= 15 is 0 Å². The number of carbonyl (C=O) groups is 1. The number of nitrogens with zero attached hydrogens (tertiary/aromatic N) is 3. The van der Waals surface area contributed by atoms with Gasteiger partial charge in [-0.05, 0) is 66.9 Å². The van der Waals surface area contributed by atoms with Gasteiger partial charge in [0.15, 0.2) is 0 Å². The van der Waals surface area contributed by atoms with Gasteiger partial charge in [0.2, 0.25) is 0 Å². The van der Waals surface area contributed by atoms with E-state index in [2.05, 4.69) is 37.6 Å². The van der Waals surface area contributed by atoms with Crippen LogP contribution in [0.3, 0.4) is 0 Å². The van der Waals surface area contributed by atoms with Crippen molar-refractivity contribution in [2.24, 2.45) is 5.92 Å². The highest BCUT2D eigenvalue weighted by molar-refractivity contribution is 9.10. The van der Waals surface area contributed by atoms with Crippen LogP contribution >= 0.6 is 27.5 Å². The molecule has 0 unspecified atom stereocenters. The Morgan fingerprint density at radius 2 is 1.79 bits per heavy atom. The van der Waals surface area contributed by atoms with E-state index in [4.69, 9.17) is 21.3 Å². The molecule has 0 bridgehead atoms. The fraction of sp³-hybridized carbons (Fsp3) is 0.258. The topological polar surface area (TPSA) is 77.2 Å². The lowest BCUT2D eigenvalue weighted by Crippen LogP contribution is -2.27. The minimum Gasteiger partial charge on any atom is -0.487 e. The van der Waals surface area contributed by atoms with E-state index in [-0.39, 0.29) is 5.92 Å². The van der Waals surface area contributed by atoms with Gasteiger partial charge in [0.1, 0.15) is 18.2 Å². The van der Waals surface area contributed by atoms with Crippen LogP contribution < -0.4 is 4.74 Å². The molecule has 1 N–H and O–H groups in total. The van der Waals surface area contributed by atoms with E-state index in [9.17, 15) is 9.90 Å². The van der Waals surface area contributed by atoms with Gasteiger partial charge in [0, 0.05) is 33.4 Å². The molecule has 198 valence electrons. The molecule has 1 aliphatic carbocycles. The number of rotatable bonds is 7. The van der Waals surface area contributed by atoms with Gasteiger partial charge >= 0.3 is 5.97 Å². The number of imidazole rings is 1. The summed E-state index contributed by atoms with van der Waals surface area (Å²) in [6, 6.07) is 23.7. The Morgan fingerprint density at radius 1 is 0.974 bits per heavy atom. The number of fused-ring (bicyclic) bond motifs is 2.